The Morgan fingerprint density at radius 2 is 0.895 bits per heavy atom. The summed E-state index contributed by atoms with van der Waals surface area (Å²) in [5, 5.41) is 6.93. The van der Waals surface area contributed by atoms with E-state index in [2.05, 4.69) is 126 Å². The molecule has 4 heterocycles. The van der Waals surface area contributed by atoms with Crippen LogP contribution in [0.3, 0.4) is 0 Å². The second-order valence-corrected chi connectivity index (χ2v) is 15.4. The molecule has 12 rings (SSSR count). The van der Waals surface area contributed by atoms with Crippen LogP contribution >= 0.6 is 11.3 Å². The number of aromatic nitrogens is 4. The molecule has 0 bridgehead atoms. The van der Waals surface area contributed by atoms with Crippen LogP contribution in [0.2, 0.25) is 0 Å². The first-order chi connectivity index (χ1) is 28.3. The summed E-state index contributed by atoms with van der Waals surface area (Å²) in [7, 11) is 0. The summed E-state index contributed by atoms with van der Waals surface area (Å²) >= 11 is 1.80. The second kappa shape index (κ2) is 12.6. The van der Waals surface area contributed by atoms with E-state index in [9.17, 15) is 0 Å². The van der Waals surface area contributed by atoms with Crippen molar-refractivity contribution in [2.24, 2.45) is 0 Å². The van der Waals surface area contributed by atoms with Crippen LogP contribution in [-0.4, -0.2) is 19.5 Å². The van der Waals surface area contributed by atoms with E-state index in [-0.39, 0.29) is 0 Å². The average molecular weight is 747 g/mol. The molecule has 0 saturated heterocycles. The lowest BCUT2D eigenvalue weighted by Gasteiger charge is -2.09. The maximum absolute atomic E-state index is 7.07. The first-order valence-electron chi connectivity index (χ1n) is 19.0. The number of furan rings is 1. The number of fused-ring (bicyclic) bond motifs is 9. The lowest BCUT2D eigenvalue weighted by molar-refractivity contribution is 0.667. The van der Waals surface area contributed by atoms with E-state index in [4.69, 9.17) is 19.4 Å². The van der Waals surface area contributed by atoms with Crippen molar-refractivity contribution < 1.29 is 4.42 Å². The molecule has 57 heavy (non-hydrogen) atoms. The summed E-state index contributed by atoms with van der Waals surface area (Å²) in [6.07, 6.45) is 0. The van der Waals surface area contributed by atoms with Gasteiger partial charge in [-0.2, -0.15) is 0 Å². The van der Waals surface area contributed by atoms with Gasteiger partial charge in [0, 0.05) is 69.5 Å². The predicted octanol–water partition coefficient (Wildman–Crippen LogP) is 13.9. The van der Waals surface area contributed by atoms with Crippen molar-refractivity contribution in [3.63, 3.8) is 0 Å². The molecule has 0 spiro atoms. The van der Waals surface area contributed by atoms with Crippen LogP contribution in [0.5, 0.6) is 0 Å². The van der Waals surface area contributed by atoms with Crippen LogP contribution in [0.25, 0.3) is 115 Å². The molecule has 8 aromatic carbocycles. The minimum absolute atomic E-state index is 0.647. The molecule has 12 aromatic rings. The minimum Gasteiger partial charge on any atom is -0.453 e. The fourth-order valence-corrected chi connectivity index (χ4v) is 9.81. The van der Waals surface area contributed by atoms with Crippen LogP contribution in [0, 0.1) is 0 Å². The number of nitrogens with zero attached hydrogens (tertiary/aromatic N) is 4. The molecule has 266 valence electrons. The number of para-hydroxylation sites is 4. The van der Waals surface area contributed by atoms with Crippen molar-refractivity contribution in [3.8, 4) is 51.0 Å². The Morgan fingerprint density at radius 1 is 0.386 bits per heavy atom. The number of benzene rings is 8. The summed E-state index contributed by atoms with van der Waals surface area (Å²) in [5.41, 5.74) is 10.2. The summed E-state index contributed by atoms with van der Waals surface area (Å²) in [5.74, 6) is 1.94. The van der Waals surface area contributed by atoms with Gasteiger partial charge in [-0.3, -0.25) is 0 Å². The van der Waals surface area contributed by atoms with Crippen molar-refractivity contribution in [2.45, 2.75) is 0 Å². The Bertz CT molecular complexity index is 3420. The molecule has 0 saturated carbocycles. The number of hydrogen-bond acceptors (Lipinski definition) is 5. The summed E-state index contributed by atoms with van der Waals surface area (Å²) in [6.45, 7) is 0. The Labute approximate surface area is 330 Å². The third-order valence-corrected chi connectivity index (χ3v) is 12.3. The molecule has 0 aliphatic carbocycles. The number of hydrogen-bond donors (Lipinski definition) is 0. The van der Waals surface area contributed by atoms with Crippen molar-refractivity contribution in [1.82, 2.24) is 19.5 Å². The van der Waals surface area contributed by atoms with Gasteiger partial charge in [0.2, 0.25) is 0 Å². The fourth-order valence-electron chi connectivity index (χ4n) is 8.55. The van der Waals surface area contributed by atoms with E-state index in [1.165, 1.54) is 20.2 Å². The third-order valence-electron chi connectivity index (χ3n) is 11.1. The van der Waals surface area contributed by atoms with Crippen LogP contribution in [0.1, 0.15) is 0 Å². The molecular formula is C51H30N4OS. The van der Waals surface area contributed by atoms with Gasteiger partial charge in [-0.15, -0.1) is 11.3 Å². The molecule has 4 aromatic heterocycles. The first-order valence-corrected chi connectivity index (χ1v) is 19.8. The molecule has 0 aliphatic rings. The van der Waals surface area contributed by atoms with Gasteiger partial charge in [-0.05, 0) is 24.3 Å². The Kier molecular flexibility index (Phi) is 7.03. The fraction of sp³-hybridized carbons (Fsp3) is 0. The second-order valence-electron chi connectivity index (χ2n) is 14.3. The summed E-state index contributed by atoms with van der Waals surface area (Å²) in [6, 6.07) is 63.6. The monoisotopic (exact) mass is 746 g/mol. The molecule has 0 N–H and O–H groups in total. The first kappa shape index (κ1) is 31.9. The molecular weight excluding hydrogens is 717 g/mol. The maximum Gasteiger partial charge on any atom is 0.164 e. The summed E-state index contributed by atoms with van der Waals surface area (Å²) < 4.78 is 11.8. The Balaban J connectivity index is 1.07. The van der Waals surface area contributed by atoms with Gasteiger partial charge in [0.15, 0.2) is 23.1 Å². The van der Waals surface area contributed by atoms with Crippen molar-refractivity contribution in [1.29, 1.82) is 0 Å². The van der Waals surface area contributed by atoms with Gasteiger partial charge in [0.25, 0.3) is 0 Å². The zero-order valence-electron chi connectivity index (χ0n) is 30.4. The van der Waals surface area contributed by atoms with Crippen LogP contribution in [0.4, 0.5) is 0 Å². The smallest absolute Gasteiger partial charge is 0.164 e. The molecule has 0 amide bonds. The quantitative estimate of drug-likeness (QED) is 0.176. The van der Waals surface area contributed by atoms with Gasteiger partial charge in [-0.1, -0.05) is 158 Å². The van der Waals surface area contributed by atoms with Gasteiger partial charge in [0.05, 0.1) is 16.7 Å². The van der Waals surface area contributed by atoms with Gasteiger partial charge in [-0.25, -0.2) is 15.0 Å². The highest BCUT2D eigenvalue weighted by Gasteiger charge is 2.22. The predicted molar refractivity (Wildman–Crippen MR) is 236 cm³/mol. The van der Waals surface area contributed by atoms with Crippen LogP contribution < -0.4 is 0 Å². The SMILES string of the molecule is c1ccc(-c2nc(-c3ccccc3)nc(-c3cccc4sc5c(-c6cccc7c6oc6c(-n8c9ccccc9c9ccccc98)cccc67)cccc5c34)n2)cc1. The zero-order valence-corrected chi connectivity index (χ0v) is 31.2. The van der Waals surface area contributed by atoms with Crippen molar-refractivity contribution in [3.05, 3.63) is 182 Å². The molecule has 0 aliphatic heterocycles. The average Bonchev–Trinajstić information content (AvgIpc) is 3.97. The van der Waals surface area contributed by atoms with Crippen LogP contribution in [-0.2, 0) is 0 Å². The van der Waals surface area contributed by atoms with E-state index >= 15 is 0 Å². The Morgan fingerprint density at radius 3 is 1.58 bits per heavy atom. The molecule has 0 unspecified atom stereocenters. The van der Waals surface area contributed by atoms with Crippen molar-refractivity contribution >= 4 is 75.3 Å². The molecule has 5 nitrogen and oxygen atoms in total. The lowest BCUT2D eigenvalue weighted by Crippen LogP contribution is -2.00. The highest BCUT2D eigenvalue weighted by atomic mass is 32.1. The van der Waals surface area contributed by atoms with Gasteiger partial charge < -0.3 is 8.98 Å². The van der Waals surface area contributed by atoms with Crippen molar-refractivity contribution in [2.75, 3.05) is 0 Å². The maximum atomic E-state index is 7.07. The zero-order chi connectivity index (χ0) is 37.5. The largest absolute Gasteiger partial charge is 0.453 e. The number of rotatable bonds is 5. The van der Waals surface area contributed by atoms with Gasteiger partial charge in [0.1, 0.15) is 5.58 Å². The van der Waals surface area contributed by atoms with E-state index in [1.807, 2.05) is 60.7 Å². The van der Waals surface area contributed by atoms with E-state index < -0.39 is 0 Å². The normalized spacial score (nSPS) is 11.9. The van der Waals surface area contributed by atoms with Crippen LogP contribution in [0.15, 0.2) is 186 Å². The van der Waals surface area contributed by atoms with Gasteiger partial charge >= 0.3 is 0 Å². The number of thiophene rings is 1. The van der Waals surface area contributed by atoms with E-state index in [0.717, 1.165) is 77.2 Å². The standard InChI is InChI=1S/C51H30N4OS/c1-3-15-31(16-4-1)49-52-50(32-17-5-2-6-18-32)54-51(53-49)40-26-14-30-44-45(40)39-25-12-24-38(48(39)57-44)37-22-11-21-35-36-23-13-29-43(47(36)56-46(35)37)55-41-27-9-7-19-33(41)34-20-8-10-28-42(34)55/h1-30H. The highest BCUT2D eigenvalue weighted by molar-refractivity contribution is 7.26. The highest BCUT2D eigenvalue weighted by Crippen LogP contribution is 2.46. The molecule has 6 heteroatoms. The topological polar surface area (TPSA) is 56.7 Å². The summed E-state index contributed by atoms with van der Waals surface area (Å²) in [4.78, 5) is 15.2. The third kappa shape index (κ3) is 4.91. The molecule has 0 atom stereocenters. The minimum atomic E-state index is 0.647. The Hall–Kier alpha value is -7.41. The molecule has 0 fully saturated rings. The van der Waals surface area contributed by atoms with E-state index in [1.54, 1.807) is 11.3 Å². The lowest BCUT2D eigenvalue weighted by atomic mass is 9.99. The molecule has 0 radical (unpaired) electrons. The van der Waals surface area contributed by atoms with E-state index in [0.29, 0.717) is 17.5 Å².